The van der Waals surface area contributed by atoms with Gasteiger partial charge in [-0.1, -0.05) is 24.3 Å². The highest BCUT2D eigenvalue weighted by atomic mass is 16.5. The molecule has 3 aromatic rings. The van der Waals surface area contributed by atoms with Crippen LogP contribution in [-0.4, -0.2) is 19.3 Å². The molecule has 0 saturated carbocycles. The van der Waals surface area contributed by atoms with Gasteiger partial charge in [0, 0.05) is 0 Å². The van der Waals surface area contributed by atoms with E-state index in [1.165, 1.54) is 0 Å². The van der Waals surface area contributed by atoms with Crippen LogP contribution in [0.5, 0.6) is 11.5 Å². The minimum absolute atomic E-state index is 0.0186. The first-order valence-corrected chi connectivity index (χ1v) is 6.45. The predicted molar refractivity (Wildman–Crippen MR) is 80.5 cm³/mol. The smallest absolute Gasteiger partial charge is 0.161 e. The van der Waals surface area contributed by atoms with Crippen molar-refractivity contribution in [2.24, 2.45) is 0 Å². The number of aliphatic hydroxyl groups excluding tert-OH is 1. The van der Waals surface area contributed by atoms with Crippen molar-refractivity contribution in [1.82, 2.24) is 0 Å². The Morgan fingerprint density at radius 1 is 0.850 bits per heavy atom. The van der Waals surface area contributed by atoms with Gasteiger partial charge in [-0.15, -0.1) is 0 Å². The van der Waals surface area contributed by atoms with Crippen molar-refractivity contribution in [3.63, 3.8) is 0 Å². The van der Waals surface area contributed by atoms with E-state index in [1.54, 1.807) is 14.2 Å². The second-order valence-electron chi connectivity index (χ2n) is 4.67. The second-order valence-corrected chi connectivity index (χ2v) is 4.67. The lowest BCUT2D eigenvalue weighted by Gasteiger charge is -2.13. The third kappa shape index (κ3) is 1.87. The largest absolute Gasteiger partial charge is 0.493 e. The van der Waals surface area contributed by atoms with Crippen LogP contribution in [0.3, 0.4) is 0 Å². The number of ether oxygens (including phenoxy) is 2. The Bertz CT molecular complexity index is 778. The molecule has 0 radical (unpaired) electrons. The van der Waals surface area contributed by atoms with Gasteiger partial charge in [-0.25, -0.2) is 0 Å². The summed E-state index contributed by atoms with van der Waals surface area (Å²) >= 11 is 0. The van der Waals surface area contributed by atoms with E-state index < -0.39 is 0 Å². The van der Waals surface area contributed by atoms with E-state index in [4.69, 9.17) is 9.47 Å². The number of aliphatic hydroxyl groups is 1. The molecular formula is C17H16O3. The molecule has 3 aromatic carbocycles. The monoisotopic (exact) mass is 268 g/mol. The lowest BCUT2D eigenvalue weighted by molar-refractivity contribution is 0.283. The van der Waals surface area contributed by atoms with Gasteiger partial charge in [0.1, 0.15) is 0 Å². The molecule has 0 aliphatic carbocycles. The zero-order valence-corrected chi connectivity index (χ0v) is 11.5. The average molecular weight is 268 g/mol. The Balaban J connectivity index is 2.46. The lowest BCUT2D eigenvalue weighted by Crippen LogP contribution is -1.93. The maximum Gasteiger partial charge on any atom is 0.161 e. The molecule has 0 bridgehead atoms. The molecule has 3 nitrogen and oxygen atoms in total. The lowest BCUT2D eigenvalue weighted by atomic mass is 9.97. The van der Waals surface area contributed by atoms with E-state index in [9.17, 15) is 5.11 Å². The molecule has 102 valence electrons. The molecule has 3 rings (SSSR count). The van der Waals surface area contributed by atoms with Crippen LogP contribution < -0.4 is 9.47 Å². The Morgan fingerprint density at radius 3 is 2.15 bits per heavy atom. The van der Waals surface area contributed by atoms with E-state index in [0.29, 0.717) is 11.5 Å². The van der Waals surface area contributed by atoms with Gasteiger partial charge in [-0.05, 0) is 45.3 Å². The van der Waals surface area contributed by atoms with Gasteiger partial charge in [0.15, 0.2) is 11.5 Å². The number of fused-ring (bicyclic) bond motifs is 3. The van der Waals surface area contributed by atoms with Crippen LogP contribution in [-0.2, 0) is 6.61 Å². The summed E-state index contributed by atoms with van der Waals surface area (Å²) in [6.45, 7) is 0.0186. The van der Waals surface area contributed by atoms with Crippen LogP contribution in [0, 0.1) is 0 Å². The van der Waals surface area contributed by atoms with Gasteiger partial charge in [0.05, 0.1) is 20.8 Å². The maximum absolute atomic E-state index is 9.57. The van der Waals surface area contributed by atoms with Gasteiger partial charge in [0.25, 0.3) is 0 Å². The van der Waals surface area contributed by atoms with E-state index >= 15 is 0 Å². The highest BCUT2D eigenvalue weighted by Gasteiger charge is 2.10. The van der Waals surface area contributed by atoms with Crippen LogP contribution >= 0.6 is 0 Å². The molecule has 3 heteroatoms. The second kappa shape index (κ2) is 5.02. The maximum atomic E-state index is 9.57. The highest BCUT2D eigenvalue weighted by Crippen LogP contribution is 2.36. The molecule has 0 spiro atoms. The van der Waals surface area contributed by atoms with Crippen molar-refractivity contribution in [3.8, 4) is 11.5 Å². The fraction of sp³-hybridized carbons (Fsp3) is 0.176. The third-order valence-corrected chi connectivity index (χ3v) is 3.62. The molecule has 0 aromatic heterocycles. The zero-order chi connectivity index (χ0) is 14.1. The van der Waals surface area contributed by atoms with Gasteiger partial charge in [0.2, 0.25) is 0 Å². The Kier molecular flexibility index (Phi) is 3.20. The minimum Gasteiger partial charge on any atom is -0.493 e. The van der Waals surface area contributed by atoms with Gasteiger partial charge >= 0.3 is 0 Å². The minimum atomic E-state index is 0.0186. The summed E-state index contributed by atoms with van der Waals surface area (Å²) in [6.07, 6.45) is 0. The Hall–Kier alpha value is -2.26. The Morgan fingerprint density at radius 2 is 1.50 bits per heavy atom. The van der Waals surface area contributed by atoms with Gasteiger partial charge in [-0.2, -0.15) is 0 Å². The van der Waals surface area contributed by atoms with Crippen LogP contribution in [0.2, 0.25) is 0 Å². The summed E-state index contributed by atoms with van der Waals surface area (Å²) in [5, 5.41) is 13.9. The van der Waals surface area contributed by atoms with Crippen LogP contribution in [0.1, 0.15) is 5.56 Å². The highest BCUT2D eigenvalue weighted by molar-refractivity contribution is 6.09. The number of rotatable bonds is 3. The first-order valence-electron chi connectivity index (χ1n) is 6.45. The van der Waals surface area contributed by atoms with E-state index in [-0.39, 0.29) is 6.61 Å². The van der Waals surface area contributed by atoms with Crippen molar-refractivity contribution in [1.29, 1.82) is 0 Å². The molecule has 0 saturated heterocycles. The molecule has 0 unspecified atom stereocenters. The standard InChI is InChI=1S/C17H16O3/c1-19-16-8-11-7-12(10-18)13-5-3-4-6-14(13)15(11)9-17(16)20-2/h3-9,18H,10H2,1-2H3. The van der Waals surface area contributed by atoms with Crippen LogP contribution in [0.15, 0.2) is 42.5 Å². The first-order chi connectivity index (χ1) is 9.78. The molecule has 0 aliphatic rings. The van der Waals surface area contributed by atoms with Gasteiger partial charge < -0.3 is 14.6 Å². The molecule has 1 N–H and O–H groups in total. The summed E-state index contributed by atoms with van der Waals surface area (Å²) in [7, 11) is 3.26. The summed E-state index contributed by atoms with van der Waals surface area (Å²) in [6, 6.07) is 14.0. The molecule has 0 heterocycles. The van der Waals surface area contributed by atoms with Crippen LogP contribution in [0.25, 0.3) is 21.5 Å². The average Bonchev–Trinajstić information content (AvgIpc) is 2.52. The first kappa shape index (κ1) is 12.8. The fourth-order valence-electron chi connectivity index (χ4n) is 2.64. The summed E-state index contributed by atoms with van der Waals surface area (Å²) < 4.78 is 10.7. The van der Waals surface area contributed by atoms with Crippen molar-refractivity contribution in [2.75, 3.05) is 14.2 Å². The molecule has 0 amide bonds. The molecule has 20 heavy (non-hydrogen) atoms. The van der Waals surface area contributed by atoms with Crippen LogP contribution in [0.4, 0.5) is 0 Å². The van der Waals surface area contributed by atoms with E-state index in [0.717, 1.165) is 27.1 Å². The predicted octanol–water partition coefficient (Wildman–Crippen LogP) is 3.50. The van der Waals surface area contributed by atoms with E-state index in [2.05, 4.69) is 6.07 Å². The van der Waals surface area contributed by atoms with Crippen molar-refractivity contribution >= 4 is 21.5 Å². The van der Waals surface area contributed by atoms with E-state index in [1.807, 2.05) is 36.4 Å². The zero-order valence-electron chi connectivity index (χ0n) is 11.5. The summed E-state index contributed by atoms with van der Waals surface area (Å²) in [5.41, 5.74) is 0.917. The quantitative estimate of drug-likeness (QED) is 0.739. The normalized spacial score (nSPS) is 10.9. The topological polar surface area (TPSA) is 38.7 Å². The molecular weight excluding hydrogens is 252 g/mol. The summed E-state index contributed by atoms with van der Waals surface area (Å²) in [4.78, 5) is 0. The molecule has 0 atom stereocenters. The number of hydrogen-bond donors (Lipinski definition) is 1. The number of methoxy groups -OCH3 is 2. The fourth-order valence-corrected chi connectivity index (χ4v) is 2.64. The van der Waals surface area contributed by atoms with Crippen molar-refractivity contribution in [3.05, 3.63) is 48.0 Å². The third-order valence-electron chi connectivity index (χ3n) is 3.62. The van der Waals surface area contributed by atoms with Crippen molar-refractivity contribution in [2.45, 2.75) is 6.61 Å². The molecule has 0 aliphatic heterocycles. The summed E-state index contributed by atoms with van der Waals surface area (Å²) in [5.74, 6) is 1.40. The number of hydrogen-bond acceptors (Lipinski definition) is 3. The van der Waals surface area contributed by atoms with Gasteiger partial charge in [-0.3, -0.25) is 0 Å². The SMILES string of the molecule is COc1cc2cc(CO)c3ccccc3c2cc1OC. The van der Waals surface area contributed by atoms with Crippen molar-refractivity contribution < 1.29 is 14.6 Å². The molecule has 0 fully saturated rings. The number of benzene rings is 3. The Labute approximate surface area is 117 Å².